The molecule has 1 fully saturated rings. The molecule has 1 aliphatic rings. The number of rotatable bonds is 7. The second-order valence-corrected chi connectivity index (χ2v) is 6.72. The smallest absolute Gasteiger partial charge is 0.326 e. The summed E-state index contributed by atoms with van der Waals surface area (Å²) in [5.41, 5.74) is 0. The molecular weight excluding hydrogens is 262 g/mol. The molecule has 5 heteroatoms. The van der Waals surface area contributed by atoms with Gasteiger partial charge in [-0.2, -0.15) is 11.8 Å². The summed E-state index contributed by atoms with van der Waals surface area (Å²) in [4.78, 5) is 21.9. The van der Waals surface area contributed by atoms with Gasteiger partial charge in [0.1, 0.15) is 6.04 Å². The van der Waals surface area contributed by atoms with Crippen molar-refractivity contribution in [1.29, 1.82) is 0 Å². The Hall–Kier alpha value is -0.710. The van der Waals surface area contributed by atoms with Crippen molar-refractivity contribution >= 4 is 23.6 Å². The van der Waals surface area contributed by atoms with Gasteiger partial charge in [0.05, 0.1) is 0 Å². The van der Waals surface area contributed by atoms with Crippen LogP contribution in [0, 0.1) is 5.92 Å². The van der Waals surface area contributed by atoms with Gasteiger partial charge in [0.2, 0.25) is 5.91 Å². The highest BCUT2D eigenvalue weighted by Crippen LogP contribution is 2.34. The lowest BCUT2D eigenvalue weighted by molar-refractivity contribution is -0.141. The maximum atomic E-state index is 11.0. The summed E-state index contributed by atoms with van der Waals surface area (Å²) in [5.74, 6) is 0.432. The Labute approximate surface area is 119 Å². The number of amides is 1. The molecule has 0 bridgehead atoms. The van der Waals surface area contributed by atoms with Crippen molar-refractivity contribution in [2.24, 2.45) is 5.92 Å². The molecule has 0 aliphatic heterocycles. The molecular formula is C14H25NO3S. The Kier molecular flexibility index (Phi) is 7.28. The van der Waals surface area contributed by atoms with Crippen LogP contribution in [0.25, 0.3) is 0 Å². The monoisotopic (exact) mass is 287 g/mol. The third kappa shape index (κ3) is 6.32. The molecule has 4 nitrogen and oxygen atoms in total. The van der Waals surface area contributed by atoms with E-state index in [4.69, 9.17) is 5.11 Å². The van der Waals surface area contributed by atoms with E-state index in [0.717, 1.165) is 11.7 Å². The number of nitrogens with one attached hydrogen (secondary N) is 1. The lowest BCUT2D eigenvalue weighted by atomic mass is 9.87. The van der Waals surface area contributed by atoms with Crippen molar-refractivity contribution in [3.63, 3.8) is 0 Å². The van der Waals surface area contributed by atoms with Gasteiger partial charge in [0.25, 0.3) is 0 Å². The number of carboxylic acid groups (broad SMARTS) is 1. The molecule has 0 radical (unpaired) electrons. The van der Waals surface area contributed by atoms with Crippen LogP contribution >= 0.6 is 11.8 Å². The summed E-state index contributed by atoms with van der Waals surface area (Å²) in [5, 5.41) is 12.2. The van der Waals surface area contributed by atoms with Crippen molar-refractivity contribution in [1.82, 2.24) is 5.32 Å². The van der Waals surface area contributed by atoms with Gasteiger partial charge in [-0.3, -0.25) is 4.79 Å². The Balaban J connectivity index is 2.27. The Morgan fingerprint density at radius 3 is 2.74 bits per heavy atom. The first-order valence-corrected chi connectivity index (χ1v) is 8.19. The SMILES string of the molecule is CCC1CCCC(SCCC(NC(C)=O)C(=O)O)C1. The third-order valence-corrected chi connectivity index (χ3v) is 5.12. The molecule has 0 spiro atoms. The topological polar surface area (TPSA) is 66.4 Å². The molecule has 110 valence electrons. The van der Waals surface area contributed by atoms with Gasteiger partial charge in [-0.1, -0.05) is 26.2 Å². The molecule has 3 unspecified atom stereocenters. The number of carbonyl (C=O) groups excluding carboxylic acids is 1. The Morgan fingerprint density at radius 1 is 1.42 bits per heavy atom. The quantitative estimate of drug-likeness (QED) is 0.755. The van der Waals surface area contributed by atoms with E-state index >= 15 is 0 Å². The number of carbonyl (C=O) groups is 2. The van der Waals surface area contributed by atoms with Gasteiger partial charge < -0.3 is 10.4 Å². The van der Waals surface area contributed by atoms with Gasteiger partial charge in [-0.15, -0.1) is 0 Å². The largest absolute Gasteiger partial charge is 0.480 e. The molecule has 19 heavy (non-hydrogen) atoms. The molecule has 0 saturated heterocycles. The standard InChI is InChI=1S/C14H25NO3S/c1-3-11-5-4-6-12(9-11)19-8-7-13(14(17)18)15-10(2)16/h11-13H,3-9H2,1-2H3,(H,15,16)(H,17,18). The van der Waals surface area contributed by atoms with Gasteiger partial charge in [0.15, 0.2) is 0 Å². The Morgan fingerprint density at radius 2 is 2.16 bits per heavy atom. The van der Waals surface area contributed by atoms with Crippen LogP contribution in [0.5, 0.6) is 0 Å². The van der Waals surface area contributed by atoms with Crippen LogP contribution in [0.2, 0.25) is 0 Å². The van der Waals surface area contributed by atoms with E-state index < -0.39 is 12.0 Å². The maximum absolute atomic E-state index is 11.0. The van der Waals surface area contributed by atoms with Crippen LogP contribution in [0.1, 0.15) is 52.4 Å². The number of hydrogen-bond acceptors (Lipinski definition) is 3. The molecule has 1 rings (SSSR count). The highest BCUT2D eigenvalue weighted by Gasteiger charge is 2.22. The van der Waals surface area contributed by atoms with Crippen molar-refractivity contribution in [3.8, 4) is 0 Å². The summed E-state index contributed by atoms with van der Waals surface area (Å²) >= 11 is 1.87. The van der Waals surface area contributed by atoms with Gasteiger partial charge >= 0.3 is 5.97 Å². The van der Waals surface area contributed by atoms with Crippen LogP contribution in [0.15, 0.2) is 0 Å². The van der Waals surface area contributed by atoms with Crippen molar-refractivity contribution in [3.05, 3.63) is 0 Å². The van der Waals surface area contributed by atoms with Crippen LogP contribution in [0.4, 0.5) is 0 Å². The van der Waals surface area contributed by atoms with Gasteiger partial charge in [-0.25, -0.2) is 4.79 Å². The fourth-order valence-corrected chi connectivity index (χ4v) is 4.07. The normalized spacial score (nSPS) is 24.7. The molecule has 0 heterocycles. The highest BCUT2D eigenvalue weighted by atomic mass is 32.2. The van der Waals surface area contributed by atoms with E-state index in [2.05, 4.69) is 12.2 Å². The van der Waals surface area contributed by atoms with Crippen LogP contribution in [-0.4, -0.2) is 34.0 Å². The van der Waals surface area contributed by atoms with Crippen molar-refractivity contribution in [2.75, 3.05) is 5.75 Å². The van der Waals surface area contributed by atoms with E-state index in [0.29, 0.717) is 11.7 Å². The van der Waals surface area contributed by atoms with Crippen LogP contribution in [-0.2, 0) is 9.59 Å². The summed E-state index contributed by atoms with van der Waals surface area (Å²) < 4.78 is 0. The molecule has 1 saturated carbocycles. The van der Waals surface area contributed by atoms with Crippen LogP contribution in [0.3, 0.4) is 0 Å². The number of hydrogen-bond donors (Lipinski definition) is 2. The Bertz CT molecular complexity index is 309. The van der Waals surface area contributed by atoms with E-state index in [1.165, 1.54) is 39.0 Å². The van der Waals surface area contributed by atoms with Gasteiger partial charge in [0, 0.05) is 12.2 Å². The highest BCUT2D eigenvalue weighted by molar-refractivity contribution is 7.99. The minimum atomic E-state index is -0.939. The predicted octanol–water partition coefficient (Wildman–Crippen LogP) is 2.67. The van der Waals surface area contributed by atoms with Crippen molar-refractivity contribution in [2.45, 2.75) is 63.7 Å². The molecule has 0 aromatic carbocycles. The minimum Gasteiger partial charge on any atom is -0.480 e. The number of aliphatic carboxylic acids is 1. The lowest BCUT2D eigenvalue weighted by Crippen LogP contribution is -2.40. The second kappa shape index (κ2) is 8.46. The average molecular weight is 287 g/mol. The molecule has 1 amide bonds. The first kappa shape index (κ1) is 16.3. The summed E-state index contributed by atoms with van der Waals surface area (Å²) in [6.45, 7) is 3.60. The van der Waals surface area contributed by atoms with E-state index in [1.807, 2.05) is 11.8 Å². The fraction of sp³-hybridized carbons (Fsp3) is 0.857. The van der Waals surface area contributed by atoms with E-state index in [1.54, 1.807) is 0 Å². The first-order chi connectivity index (χ1) is 9.02. The third-order valence-electron chi connectivity index (χ3n) is 3.75. The predicted molar refractivity (Wildman–Crippen MR) is 78.4 cm³/mol. The summed E-state index contributed by atoms with van der Waals surface area (Å²) in [7, 11) is 0. The zero-order valence-electron chi connectivity index (χ0n) is 11.9. The number of carboxylic acids is 1. The molecule has 0 aromatic rings. The summed E-state index contributed by atoms with van der Waals surface area (Å²) in [6.07, 6.45) is 6.91. The first-order valence-electron chi connectivity index (χ1n) is 7.14. The maximum Gasteiger partial charge on any atom is 0.326 e. The molecule has 2 N–H and O–H groups in total. The lowest BCUT2D eigenvalue weighted by Gasteiger charge is -2.28. The molecule has 0 aromatic heterocycles. The van der Waals surface area contributed by atoms with E-state index in [-0.39, 0.29) is 5.91 Å². The second-order valence-electron chi connectivity index (χ2n) is 5.31. The molecule has 3 atom stereocenters. The van der Waals surface area contributed by atoms with Crippen molar-refractivity contribution < 1.29 is 14.7 Å². The van der Waals surface area contributed by atoms with E-state index in [9.17, 15) is 9.59 Å². The fourth-order valence-electron chi connectivity index (χ4n) is 2.62. The zero-order valence-corrected chi connectivity index (χ0v) is 12.7. The summed E-state index contributed by atoms with van der Waals surface area (Å²) in [6, 6.07) is -0.740. The minimum absolute atomic E-state index is 0.277. The van der Waals surface area contributed by atoms with Gasteiger partial charge in [-0.05, 0) is 30.9 Å². The average Bonchev–Trinajstić information content (AvgIpc) is 2.37. The number of thioether (sulfide) groups is 1. The zero-order chi connectivity index (χ0) is 14.3. The molecule has 1 aliphatic carbocycles. The van der Waals surface area contributed by atoms with Crippen LogP contribution < -0.4 is 5.32 Å².